The van der Waals surface area contributed by atoms with E-state index in [0.717, 1.165) is 51.8 Å². The standard InChI is InChI=1S/C31H34O2/c1-6-28(29-20-19-23(3)21-25(22-32)24(29)4)30(7-2)33-31(5,27-17-13-10-14-18-27)26-15-11-8-9-12-16-26/h6-8,10-19,21,32H,1-2,9,20,22H2,3-5H3/b30-28+. The fourth-order valence-electron chi connectivity index (χ4n) is 4.27. The number of hydrogen-bond donors (Lipinski definition) is 1. The average molecular weight is 439 g/mol. The van der Waals surface area contributed by atoms with E-state index in [1.807, 2.05) is 37.3 Å². The normalized spacial score (nSPS) is 18.7. The Bertz CT molecular complexity index is 1120. The van der Waals surface area contributed by atoms with Crippen molar-refractivity contribution >= 4 is 0 Å². The van der Waals surface area contributed by atoms with Crippen LogP contribution >= 0.6 is 0 Å². The number of aliphatic hydroxyl groups is 1. The van der Waals surface area contributed by atoms with Crippen LogP contribution in [0, 0.1) is 0 Å². The predicted molar refractivity (Wildman–Crippen MR) is 140 cm³/mol. The first kappa shape index (κ1) is 24.3. The van der Waals surface area contributed by atoms with Gasteiger partial charge in [0, 0.05) is 5.57 Å². The van der Waals surface area contributed by atoms with Crippen molar-refractivity contribution < 1.29 is 9.84 Å². The topological polar surface area (TPSA) is 29.5 Å². The van der Waals surface area contributed by atoms with E-state index in [0.29, 0.717) is 5.76 Å². The molecule has 1 unspecified atom stereocenters. The molecule has 1 atom stereocenters. The Balaban J connectivity index is 2.19. The highest BCUT2D eigenvalue weighted by atomic mass is 16.5. The van der Waals surface area contributed by atoms with E-state index in [-0.39, 0.29) is 6.61 Å². The molecule has 0 saturated heterocycles. The molecule has 1 aromatic carbocycles. The third-order valence-corrected chi connectivity index (χ3v) is 6.29. The number of benzene rings is 1. The Labute approximate surface area is 198 Å². The van der Waals surface area contributed by atoms with Gasteiger partial charge in [-0.05, 0) is 67.5 Å². The van der Waals surface area contributed by atoms with E-state index < -0.39 is 5.60 Å². The van der Waals surface area contributed by atoms with Gasteiger partial charge in [-0.1, -0.05) is 97.7 Å². The Morgan fingerprint density at radius 1 is 1.12 bits per heavy atom. The minimum absolute atomic E-state index is 0.0129. The Morgan fingerprint density at radius 3 is 2.55 bits per heavy atom. The summed E-state index contributed by atoms with van der Waals surface area (Å²) in [5.41, 5.74) is 6.44. The van der Waals surface area contributed by atoms with Gasteiger partial charge < -0.3 is 9.84 Å². The lowest BCUT2D eigenvalue weighted by molar-refractivity contribution is 0.0579. The summed E-state index contributed by atoms with van der Waals surface area (Å²) in [7, 11) is 0. The van der Waals surface area contributed by atoms with Crippen LogP contribution in [0.25, 0.3) is 0 Å². The summed E-state index contributed by atoms with van der Waals surface area (Å²) < 4.78 is 6.86. The molecular formula is C31H34O2. The SMILES string of the molecule is C=C/C(OC(C)(C1=CC=CCC=C1)c1ccccc1)=C(/C=C)C1=C(C)C(CO)=CC(C)=CC1. The van der Waals surface area contributed by atoms with E-state index in [1.165, 1.54) is 0 Å². The molecule has 0 bridgehead atoms. The third kappa shape index (κ3) is 5.35. The maximum atomic E-state index is 9.96. The van der Waals surface area contributed by atoms with Gasteiger partial charge in [0.1, 0.15) is 5.76 Å². The van der Waals surface area contributed by atoms with E-state index in [9.17, 15) is 5.11 Å². The van der Waals surface area contributed by atoms with Gasteiger partial charge in [0.15, 0.2) is 5.60 Å². The lowest BCUT2D eigenvalue weighted by Crippen LogP contribution is -2.28. The van der Waals surface area contributed by atoms with Crippen LogP contribution in [-0.4, -0.2) is 11.7 Å². The highest BCUT2D eigenvalue weighted by molar-refractivity contribution is 5.55. The van der Waals surface area contributed by atoms with Crippen molar-refractivity contribution in [3.05, 3.63) is 143 Å². The summed E-state index contributed by atoms with van der Waals surface area (Å²) in [6.45, 7) is 14.4. The van der Waals surface area contributed by atoms with Gasteiger partial charge in [-0.3, -0.25) is 0 Å². The first-order valence-corrected chi connectivity index (χ1v) is 11.4. The minimum atomic E-state index is -0.731. The molecule has 0 amide bonds. The maximum absolute atomic E-state index is 9.96. The van der Waals surface area contributed by atoms with Gasteiger partial charge >= 0.3 is 0 Å². The monoisotopic (exact) mass is 438 g/mol. The average Bonchev–Trinajstić information content (AvgIpc) is 3.20. The molecule has 3 rings (SSSR count). The summed E-state index contributed by atoms with van der Waals surface area (Å²) in [6.07, 6.45) is 20.0. The Kier molecular flexibility index (Phi) is 8.08. The van der Waals surface area contributed by atoms with Crippen molar-refractivity contribution in [2.24, 2.45) is 0 Å². The van der Waals surface area contributed by atoms with E-state index in [1.54, 1.807) is 6.08 Å². The van der Waals surface area contributed by atoms with Crippen molar-refractivity contribution in [2.75, 3.05) is 6.61 Å². The largest absolute Gasteiger partial charge is 0.478 e. The molecule has 0 heterocycles. The lowest BCUT2D eigenvalue weighted by Gasteiger charge is -2.34. The molecule has 0 radical (unpaired) electrons. The zero-order chi connectivity index (χ0) is 23.8. The molecule has 2 heteroatoms. The molecular weight excluding hydrogens is 404 g/mol. The molecule has 33 heavy (non-hydrogen) atoms. The number of ether oxygens (including phenoxy) is 1. The highest BCUT2D eigenvalue weighted by Crippen LogP contribution is 2.40. The van der Waals surface area contributed by atoms with Crippen LogP contribution in [0.2, 0.25) is 0 Å². The van der Waals surface area contributed by atoms with Gasteiger partial charge in [0.25, 0.3) is 0 Å². The maximum Gasteiger partial charge on any atom is 0.156 e. The fraction of sp³-hybridized carbons (Fsp3) is 0.226. The summed E-state index contributed by atoms with van der Waals surface area (Å²) >= 11 is 0. The van der Waals surface area contributed by atoms with Gasteiger partial charge in [0.05, 0.1) is 6.61 Å². The van der Waals surface area contributed by atoms with Crippen molar-refractivity contribution in [1.29, 1.82) is 0 Å². The molecule has 0 spiro atoms. The second-order valence-electron chi connectivity index (χ2n) is 8.46. The smallest absolute Gasteiger partial charge is 0.156 e. The summed E-state index contributed by atoms with van der Waals surface area (Å²) in [4.78, 5) is 0. The second-order valence-corrected chi connectivity index (χ2v) is 8.46. The molecule has 0 aliphatic heterocycles. The summed E-state index contributed by atoms with van der Waals surface area (Å²) in [5.74, 6) is 0.665. The van der Waals surface area contributed by atoms with Crippen molar-refractivity contribution in [3.63, 3.8) is 0 Å². The number of hydrogen-bond acceptors (Lipinski definition) is 2. The molecule has 170 valence electrons. The number of rotatable bonds is 8. The number of aliphatic hydroxyl groups excluding tert-OH is 1. The second kappa shape index (κ2) is 11.0. The van der Waals surface area contributed by atoms with Crippen LogP contribution in [0.5, 0.6) is 0 Å². The zero-order valence-electron chi connectivity index (χ0n) is 20.0. The molecule has 2 aliphatic carbocycles. The van der Waals surface area contributed by atoms with Gasteiger partial charge in [-0.25, -0.2) is 0 Å². The highest BCUT2D eigenvalue weighted by Gasteiger charge is 2.33. The number of allylic oxidation sites excluding steroid dienone is 11. The minimum Gasteiger partial charge on any atom is -0.478 e. The first-order chi connectivity index (χ1) is 15.9. The quantitative estimate of drug-likeness (QED) is 0.335. The lowest BCUT2D eigenvalue weighted by atomic mass is 9.86. The molecule has 2 aliphatic rings. The third-order valence-electron chi connectivity index (χ3n) is 6.29. The van der Waals surface area contributed by atoms with Crippen molar-refractivity contribution in [2.45, 2.75) is 39.2 Å². The van der Waals surface area contributed by atoms with E-state index >= 15 is 0 Å². The van der Waals surface area contributed by atoms with Crippen LogP contribution in [0.4, 0.5) is 0 Å². The zero-order valence-corrected chi connectivity index (χ0v) is 20.0. The van der Waals surface area contributed by atoms with Gasteiger partial charge in [-0.15, -0.1) is 0 Å². The molecule has 1 N–H and O–H groups in total. The summed E-state index contributed by atoms with van der Waals surface area (Å²) in [5, 5.41) is 9.96. The van der Waals surface area contributed by atoms with Crippen molar-refractivity contribution in [1.82, 2.24) is 0 Å². The van der Waals surface area contributed by atoms with Crippen LogP contribution in [0.3, 0.4) is 0 Å². The van der Waals surface area contributed by atoms with Crippen LogP contribution < -0.4 is 0 Å². The van der Waals surface area contributed by atoms with Gasteiger partial charge in [0.2, 0.25) is 0 Å². The van der Waals surface area contributed by atoms with Gasteiger partial charge in [-0.2, -0.15) is 0 Å². The Hall–Kier alpha value is -3.36. The van der Waals surface area contributed by atoms with Crippen LogP contribution in [0.15, 0.2) is 137 Å². The molecule has 0 fully saturated rings. The predicted octanol–water partition coefficient (Wildman–Crippen LogP) is 7.57. The van der Waals surface area contributed by atoms with Crippen LogP contribution in [-0.2, 0) is 10.3 Å². The molecule has 2 nitrogen and oxygen atoms in total. The van der Waals surface area contributed by atoms with Crippen molar-refractivity contribution in [3.8, 4) is 0 Å². The Morgan fingerprint density at radius 2 is 1.88 bits per heavy atom. The van der Waals surface area contributed by atoms with E-state index in [4.69, 9.17) is 4.74 Å². The molecule has 1 aromatic rings. The molecule has 0 saturated carbocycles. The molecule has 0 aromatic heterocycles. The van der Waals surface area contributed by atoms with E-state index in [2.05, 4.69) is 75.6 Å². The van der Waals surface area contributed by atoms with Crippen LogP contribution in [0.1, 0.15) is 39.2 Å². The fourth-order valence-corrected chi connectivity index (χ4v) is 4.27. The first-order valence-electron chi connectivity index (χ1n) is 11.4. The summed E-state index contributed by atoms with van der Waals surface area (Å²) in [6, 6.07) is 10.3.